The van der Waals surface area contributed by atoms with E-state index in [4.69, 9.17) is 5.73 Å². The predicted molar refractivity (Wildman–Crippen MR) is 99.9 cm³/mol. The van der Waals surface area contributed by atoms with Crippen molar-refractivity contribution in [2.75, 3.05) is 26.2 Å². The molecule has 0 aliphatic heterocycles. The first kappa shape index (κ1) is 17.3. The van der Waals surface area contributed by atoms with Gasteiger partial charge in [0.15, 0.2) is 5.78 Å². The lowest BCUT2D eigenvalue weighted by molar-refractivity contribution is 0.0978. The molecule has 0 saturated carbocycles. The molecule has 4 N–H and O–H groups in total. The van der Waals surface area contributed by atoms with Crippen LogP contribution in [0.15, 0.2) is 48.2 Å². The SMILES string of the molecule is NCCCNCCCNC1=CC(=O)c2cc3ccccc3cc2C1=O. The van der Waals surface area contributed by atoms with Gasteiger partial charge in [-0.05, 0) is 55.4 Å². The van der Waals surface area contributed by atoms with E-state index in [9.17, 15) is 9.59 Å². The van der Waals surface area contributed by atoms with Gasteiger partial charge in [-0.1, -0.05) is 24.3 Å². The van der Waals surface area contributed by atoms with Gasteiger partial charge in [0.2, 0.25) is 5.78 Å². The fourth-order valence-electron chi connectivity index (χ4n) is 2.97. The van der Waals surface area contributed by atoms with Gasteiger partial charge >= 0.3 is 0 Å². The number of rotatable bonds is 8. The average Bonchev–Trinajstić information content (AvgIpc) is 2.63. The number of allylic oxidation sites excluding steroid dienone is 2. The summed E-state index contributed by atoms with van der Waals surface area (Å²) in [6, 6.07) is 11.4. The minimum atomic E-state index is -0.121. The lowest BCUT2D eigenvalue weighted by atomic mass is 9.90. The van der Waals surface area contributed by atoms with Crippen LogP contribution in [0.3, 0.4) is 0 Å². The van der Waals surface area contributed by atoms with E-state index in [1.807, 2.05) is 30.3 Å². The third-order valence-electron chi connectivity index (χ3n) is 4.32. The number of nitrogens with one attached hydrogen (secondary N) is 2. The smallest absolute Gasteiger partial charge is 0.209 e. The third kappa shape index (κ3) is 3.95. The lowest BCUT2D eigenvalue weighted by Gasteiger charge is -2.17. The number of hydrogen-bond acceptors (Lipinski definition) is 5. The monoisotopic (exact) mass is 337 g/mol. The molecule has 3 rings (SSSR count). The van der Waals surface area contributed by atoms with E-state index in [-0.39, 0.29) is 11.6 Å². The molecule has 5 nitrogen and oxygen atoms in total. The molecule has 0 amide bonds. The Kier molecular flexibility index (Phi) is 5.58. The number of carbonyl (C=O) groups excluding carboxylic acids is 2. The Balaban J connectivity index is 1.66. The predicted octanol–water partition coefficient (Wildman–Crippen LogP) is 2.02. The number of fused-ring (bicyclic) bond motifs is 2. The highest BCUT2D eigenvalue weighted by molar-refractivity contribution is 6.25. The Morgan fingerprint density at radius 2 is 1.56 bits per heavy atom. The van der Waals surface area contributed by atoms with E-state index in [0.29, 0.717) is 29.9 Å². The molecule has 0 saturated heterocycles. The molecule has 2 aromatic rings. The minimum Gasteiger partial charge on any atom is -0.382 e. The lowest BCUT2D eigenvalue weighted by Crippen LogP contribution is -2.29. The summed E-state index contributed by atoms with van der Waals surface area (Å²) < 4.78 is 0. The standard InChI is InChI=1S/C20H23N3O2/c21-7-3-8-22-9-4-10-23-18-13-19(24)16-11-14-5-1-2-6-15(14)12-17(16)20(18)25/h1-2,5-6,11-13,22-23H,3-4,7-10,21H2. The molecule has 130 valence electrons. The van der Waals surface area contributed by atoms with Crippen molar-refractivity contribution in [1.82, 2.24) is 10.6 Å². The molecular weight excluding hydrogens is 314 g/mol. The van der Waals surface area contributed by atoms with Gasteiger partial charge in [0, 0.05) is 23.7 Å². The van der Waals surface area contributed by atoms with Gasteiger partial charge in [-0.15, -0.1) is 0 Å². The Morgan fingerprint density at radius 1 is 0.880 bits per heavy atom. The number of carbonyl (C=O) groups is 2. The maximum atomic E-state index is 12.7. The highest BCUT2D eigenvalue weighted by atomic mass is 16.1. The van der Waals surface area contributed by atoms with Gasteiger partial charge in [-0.2, -0.15) is 0 Å². The quantitative estimate of drug-likeness (QED) is 0.642. The van der Waals surface area contributed by atoms with Crippen molar-refractivity contribution >= 4 is 22.3 Å². The molecule has 0 fully saturated rings. The van der Waals surface area contributed by atoms with Crippen LogP contribution in [0, 0.1) is 0 Å². The van der Waals surface area contributed by atoms with E-state index in [1.165, 1.54) is 6.08 Å². The summed E-state index contributed by atoms with van der Waals surface area (Å²) >= 11 is 0. The normalized spacial score (nSPS) is 13.7. The summed E-state index contributed by atoms with van der Waals surface area (Å²) in [4.78, 5) is 25.1. The maximum absolute atomic E-state index is 12.7. The van der Waals surface area contributed by atoms with Gasteiger partial charge in [0.1, 0.15) is 0 Å². The fraction of sp³-hybridized carbons (Fsp3) is 0.300. The number of nitrogens with two attached hydrogens (primary N) is 1. The van der Waals surface area contributed by atoms with Crippen LogP contribution < -0.4 is 16.4 Å². The molecule has 0 radical (unpaired) electrons. The van der Waals surface area contributed by atoms with Gasteiger partial charge in [-0.3, -0.25) is 9.59 Å². The molecular formula is C20H23N3O2. The van der Waals surface area contributed by atoms with Crippen LogP contribution in [0.2, 0.25) is 0 Å². The van der Waals surface area contributed by atoms with E-state index >= 15 is 0 Å². The molecule has 0 atom stereocenters. The first-order valence-electron chi connectivity index (χ1n) is 8.69. The van der Waals surface area contributed by atoms with Crippen molar-refractivity contribution in [3.05, 3.63) is 59.3 Å². The minimum absolute atomic E-state index is 0.114. The zero-order chi connectivity index (χ0) is 17.6. The van der Waals surface area contributed by atoms with Gasteiger partial charge < -0.3 is 16.4 Å². The highest BCUT2D eigenvalue weighted by Crippen LogP contribution is 2.26. The molecule has 0 spiro atoms. The van der Waals surface area contributed by atoms with Crippen molar-refractivity contribution in [2.24, 2.45) is 5.73 Å². The number of hydrogen-bond donors (Lipinski definition) is 3. The summed E-state index contributed by atoms with van der Waals surface area (Å²) in [5, 5.41) is 8.33. The van der Waals surface area contributed by atoms with E-state index < -0.39 is 0 Å². The van der Waals surface area contributed by atoms with Crippen molar-refractivity contribution < 1.29 is 9.59 Å². The summed E-state index contributed by atoms with van der Waals surface area (Å²) in [5.41, 5.74) is 6.79. The van der Waals surface area contributed by atoms with E-state index in [1.54, 1.807) is 6.07 Å². The molecule has 5 heteroatoms. The van der Waals surface area contributed by atoms with Crippen LogP contribution in [0.5, 0.6) is 0 Å². The van der Waals surface area contributed by atoms with Gasteiger partial charge in [0.25, 0.3) is 0 Å². The van der Waals surface area contributed by atoms with Gasteiger partial charge in [-0.25, -0.2) is 0 Å². The highest BCUT2D eigenvalue weighted by Gasteiger charge is 2.25. The molecule has 2 aromatic carbocycles. The molecule has 0 bridgehead atoms. The third-order valence-corrected chi connectivity index (χ3v) is 4.32. The van der Waals surface area contributed by atoms with Crippen molar-refractivity contribution in [1.29, 1.82) is 0 Å². The second-order valence-corrected chi connectivity index (χ2v) is 6.17. The van der Waals surface area contributed by atoms with Gasteiger partial charge in [0.05, 0.1) is 5.70 Å². The van der Waals surface area contributed by atoms with Crippen molar-refractivity contribution in [2.45, 2.75) is 12.8 Å². The zero-order valence-electron chi connectivity index (χ0n) is 14.2. The van der Waals surface area contributed by atoms with E-state index in [2.05, 4.69) is 10.6 Å². The first-order valence-corrected chi connectivity index (χ1v) is 8.69. The summed E-state index contributed by atoms with van der Waals surface area (Å²) in [6.07, 6.45) is 3.24. The molecule has 0 heterocycles. The van der Waals surface area contributed by atoms with Crippen LogP contribution >= 0.6 is 0 Å². The summed E-state index contributed by atoms with van der Waals surface area (Å²) in [6.45, 7) is 3.08. The second-order valence-electron chi connectivity index (χ2n) is 6.17. The average molecular weight is 337 g/mol. The van der Waals surface area contributed by atoms with Crippen LogP contribution in [0.4, 0.5) is 0 Å². The number of Topliss-reactive ketones (excluding diaryl/α,β-unsaturated/α-hetero) is 1. The molecule has 0 unspecified atom stereocenters. The molecule has 1 aliphatic rings. The Labute approximate surface area is 147 Å². The Bertz CT molecular complexity index is 827. The molecule has 1 aliphatic carbocycles. The first-order chi connectivity index (χ1) is 12.2. The second kappa shape index (κ2) is 8.05. The van der Waals surface area contributed by atoms with Crippen molar-refractivity contribution in [3.8, 4) is 0 Å². The zero-order valence-corrected chi connectivity index (χ0v) is 14.2. The largest absolute Gasteiger partial charge is 0.382 e. The van der Waals surface area contributed by atoms with Crippen LogP contribution in [0.1, 0.15) is 33.6 Å². The van der Waals surface area contributed by atoms with Crippen LogP contribution in [0.25, 0.3) is 10.8 Å². The van der Waals surface area contributed by atoms with Crippen molar-refractivity contribution in [3.63, 3.8) is 0 Å². The van der Waals surface area contributed by atoms with Crippen LogP contribution in [-0.2, 0) is 0 Å². The van der Waals surface area contributed by atoms with E-state index in [0.717, 1.165) is 36.7 Å². The molecule has 25 heavy (non-hydrogen) atoms. The number of ketones is 2. The number of benzene rings is 2. The van der Waals surface area contributed by atoms with Crippen LogP contribution in [-0.4, -0.2) is 37.7 Å². The maximum Gasteiger partial charge on any atom is 0.209 e. The summed E-state index contributed by atoms with van der Waals surface area (Å²) in [7, 11) is 0. The summed E-state index contributed by atoms with van der Waals surface area (Å²) in [5.74, 6) is -0.236. The topological polar surface area (TPSA) is 84.2 Å². The Morgan fingerprint density at radius 3 is 2.28 bits per heavy atom. The fourth-order valence-corrected chi connectivity index (χ4v) is 2.97. The molecule has 0 aromatic heterocycles. The Hall–Kier alpha value is -2.50.